The number of amides is 1. The van der Waals surface area contributed by atoms with E-state index in [1.807, 2.05) is 19.1 Å². The molecule has 5 heteroatoms. The van der Waals surface area contributed by atoms with Crippen LogP contribution in [0.5, 0.6) is 0 Å². The Morgan fingerprint density at radius 3 is 2.45 bits per heavy atom. The predicted molar refractivity (Wildman–Crippen MR) is 84.5 cm³/mol. The Morgan fingerprint density at radius 2 is 1.86 bits per heavy atom. The Balaban J connectivity index is 2.92. The molecular formula is C17H21NO4. The van der Waals surface area contributed by atoms with Crippen LogP contribution in [0.25, 0.3) is 0 Å². The lowest BCUT2D eigenvalue weighted by Gasteiger charge is -2.20. The van der Waals surface area contributed by atoms with E-state index in [4.69, 9.17) is 4.74 Å². The first-order chi connectivity index (χ1) is 10.2. The van der Waals surface area contributed by atoms with E-state index in [2.05, 4.69) is 21.9 Å². The zero-order valence-corrected chi connectivity index (χ0v) is 13.5. The number of hydrogen-bond donors (Lipinski definition) is 1. The quantitative estimate of drug-likeness (QED) is 0.517. The average molecular weight is 303 g/mol. The smallest absolute Gasteiger partial charge is 0.412 e. The van der Waals surface area contributed by atoms with Crippen LogP contribution < -0.4 is 5.32 Å². The summed E-state index contributed by atoms with van der Waals surface area (Å²) in [4.78, 5) is 23.0. The minimum atomic E-state index is -0.593. The van der Waals surface area contributed by atoms with E-state index in [1.165, 1.54) is 7.11 Å². The molecule has 0 aliphatic carbocycles. The molecule has 0 heterocycles. The lowest BCUT2D eigenvalue weighted by Crippen LogP contribution is -2.27. The zero-order chi connectivity index (χ0) is 16.8. The molecule has 1 unspecified atom stereocenters. The van der Waals surface area contributed by atoms with Gasteiger partial charge < -0.3 is 9.47 Å². The van der Waals surface area contributed by atoms with Crippen LogP contribution >= 0.6 is 0 Å². The first kappa shape index (κ1) is 17.6. The third-order valence-corrected chi connectivity index (χ3v) is 2.64. The van der Waals surface area contributed by atoms with Gasteiger partial charge in [0, 0.05) is 17.5 Å². The molecule has 0 bridgehead atoms. The first-order valence-corrected chi connectivity index (χ1v) is 6.91. The van der Waals surface area contributed by atoms with Gasteiger partial charge in [0.05, 0.1) is 7.11 Å². The van der Waals surface area contributed by atoms with Crippen molar-refractivity contribution in [1.82, 2.24) is 0 Å². The predicted octanol–water partition coefficient (Wildman–Crippen LogP) is 3.31. The molecule has 1 amide bonds. The molecule has 1 atom stereocenters. The van der Waals surface area contributed by atoms with Crippen molar-refractivity contribution >= 4 is 17.7 Å². The number of anilines is 1. The molecule has 5 nitrogen and oxygen atoms in total. The van der Waals surface area contributed by atoms with Crippen LogP contribution in [0.3, 0.4) is 0 Å². The summed E-state index contributed by atoms with van der Waals surface area (Å²) < 4.78 is 9.72. The molecule has 0 saturated heterocycles. The number of ether oxygens (including phenoxy) is 2. The largest absolute Gasteiger partial charge is 0.459 e. The molecule has 0 aliphatic heterocycles. The van der Waals surface area contributed by atoms with Crippen molar-refractivity contribution in [2.45, 2.75) is 39.2 Å². The van der Waals surface area contributed by atoms with Crippen LogP contribution in [0.1, 0.15) is 39.2 Å². The Labute approximate surface area is 131 Å². The molecule has 0 aliphatic rings. The number of benzene rings is 1. The van der Waals surface area contributed by atoms with E-state index in [1.54, 1.807) is 32.9 Å². The van der Waals surface area contributed by atoms with Crippen LogP contribution in [0.15, 0.2) is 24.3 Å². The maximum atomic E-state index is 11.9. The zero-order valence-electron chi connectivity index (χ0n) is 13.5. The van der Waals surface area contributed by atoms with Crippen LogP contribution in [0.2, 0.25) is 0 Å². The summed E-state index contributed by atoms with van der Waals surface area (Å²) in [7, 11) is 1.28. The van der Waals surface area contributed by atoms with E-state index >= 15 is 0 Å². The van der Waals surface area contributed by atoms with E-state index in [0.29, 0.717) is 5.69 Å². The number of carbonyl (C=O) groups is 2. The third kappa shape index (κ3) is 5.88. The minimum Gasteiger partial charge on any atom is -0.459 e. The Kier molecular flexibility index (Phi) is 6.00. The molecule has 0 spiro atoms. The third-order valence-electron chi connectivity index (χ3n) is 2.64. The lowest BCUT2D eigenvalue weighted by molar-refractivity contribution is -0.133. The maximum Gasteiger partial charge on any atom is 0.412 e. The molecule has 1 N–H and O–H groups in total. The fourth-order valence-corrected chi connectivity index (χ4v) is 1.70. The second-order valence-corrected chi connectivity index (χ2v) is 5.70. The Morgan fingerprint density at radius 1 is 1.23 bits per heavy atom. The summed E-state index contributed by atoms with van der Waals surface area (Å²) in [6.07, 6.45) is -0.534. The number of methoxy groups -OCH3 is 1. The molecule has 1 rings (SSSR count). The second-order valence-electron chi connectivity index (χ2n) is 5.70. The number of hydrogen-bond acceptors (Lipinski definition) is 4. The first-order valence-electron chi connectivity index (χ1n) is 6.91. The topological polar surface area (TPSA) is 64.6 Å². The molecule has 22 heavy (non-hydrogen) atoms. The summed E-state index contributed by atoms with van der Waals surface area (Å²) in [6, 6.07) is 7.24. The molecule has 0 aromatic heterocycles. The van der Waals surface area contributed by atoms with Crippen LogP contribution in [0, 0.1) is 11.8 Å². The number of para-hydroxylation sites is 1. The van der Waals surface area contributed by atoms with E-state index in [9.17, 15) is 9.59 Å². The van der Waals surface area contributed by atoms with Gasteiger partial charge in [-0.3, -0.25) is 5.32 Å². The van der Waals surface area contributed by atoms with E-state index < -0.39 is 17.7 Å². The van der Waals surface area contributed by atoms with Gasteiger partial charge in [-0.1, -0.05) is 24.1 Å². The Bertz CT molecular complexity index is 605. The molecule has 1 aromatic rings. The molecule has 0 saturated carbocycles. The average Bonchev–Trinajstić information content (AvgIpc) is 2.42. The summed E-state index contributed by atoms with van der Waals surface area (Å²) in [5, 5.41) is 2.70. The summed E-state index contributed by atoms with van der Waals surface area (Å²) in [5.41, 5.74) is 0.822. The SMILES string of the molecule is COC(=O)C#CC(C)c1ccccc1NC(=O)OC(C)(C)C. The van der Waals surface area contributed by atoms with Crippen molar-refractivity contribution in [1.29, 1.82) is 0 Å². The molecule has 1 aromatic carbocycles. The van der Waals surface area contributed by atoms with Crippen molar-refractivity contribution < 1.29 is 19.1 Å². The number of nitrogens with one attached hydrogen (secondary N) is 1. The maximum absolute atomic E-state index is 11.9. The van der Waals surface area contributed by atoms with Gasteiger partial charge in [-0.05, 0) is 39.3 Å². The van der Waals surface area contributed by atoms with Crippen LogP contribution in [-0.2, 0) is 14.3 Å². The lowest BCUT2D eigenvalue weighted by atomic mass is 10.00. The van der Waals surface area contributed by atoms with Crippen molar-refractivity contribution in [2.24, 2.45) is 0 Å². The second kappa shape index (κ2) is 7.51. The van der Waals surface area contributed by atoms with Gasteiger partial charge in [0.2, 0.25) is 0 Å². The fraction of sp³-hybridized carbons (Fsp3) is 0.412. The van der Waals surface area contributed by atoms with Crippen molar-refractivity contribution in [3.63, 3.8) is 0 Å². The summed E-state index contributed by atoms with van der Waals surface area (Å²) in [5.74, 6) is 4.35. The molecule has 0 fully saturated rings. The van der Waals surface area contributed by atoms with Crippen molar-refractivity contribution in [3.05, 3.63) is 29.8 Å². The number of rotatable bonds is 2. The van der Waals surface area contributed by atoms with Gasteiger partial charge in [-0.2, -0.15) is 0 Å². The highest BCUT2D eigenvalue weighted by atomic mass is 16.6. The highest BCUT2D eigenvalue weighted by Gasteiger charge is 2.18. The summed E-state index contributed by atoms with van der Waals surface area (Å²) in [6.45, 7) is 7.22. The van der Waals surface area contributed by atoms with Gasteiger partial charge in [-0.25, -0.2) is 9.59 Å². The normalized spacial score (nSPS) is 11.7. The highest BCUT2D eigenvalue weighted by Crippen LogP contribution is 2.24. The van der Waals surface area contributed by atoms with Gasteiger partial charge in [-0.15, -0.1) is 0 Å². The minimum absolute atomic E-state index is 0.245. The standard InChI is InChI=1S/C17H21NO4/c1-12(10-11-15(19)21-5)13-8-6-7-9-14(13)18-16(20)22-17(2,3)4/h6-9,12H,1-5H3,(H,18,20). The van der Waals surface area contributed by atoms with Gasteiger partial charge in [0.25, 0.3) is 0 Å². The van der Waals surface area contributed by atoms with Gasteiger partial charge in [0.1, 0.15) is 5.60 Å². The summed E-state index contributed by atoms with van der Waals surface area (Å²) >= 11 is 0. The highest BCUT2D eigenvalue weighted by molar-refractivity contribution is 5.89. The van der Waals surface area contributed by atoms with Crippen LogP contribution in [0.4, 0.5) is 10.5 Å². The monoisotopic (exact) mass is 303 g/mol. The van der Waals surface area contributed by atoms with Gasteiger partial charge in [0.15, 0.2) is 0 Å². The van der Waals surface area contributed by atoms with Gasteiger partial charge >= 0.3 is 12.1 Å². The van der Waals surface area contributed by atoms with Crippen LogP contribution in [-0.4, -0.2) is 24.8 Å². The molecule has 0 radical (unpaired) electrons. The van der Waals surface area contributed by atoms with E-state index in [-0.39, 0.29) is 5.92 Å². The molecular weight excluding hydrogens is 282 g/mol. The Hall–Kier alpha value is -2.48. The fourth-order valence-electron chi connectivity index (χ4n) is 1.70. The van der Waals surface area contributed by atoms with Crippen molar-refractivity contribution in [2.75, 3.05) is 12.4 Å². The van der Waals surface area contributed by atoms with E-state index in [0.717, 1.165) is 5.56 Å². The number of esters is 1. The molecule has 118 valence electrons. The number of carbonyl (C=O) groups excluding carboxylic acids is 2. The van der Waals surface area contributed by atoms with Crippen molar-refractivity contribution in [3.8, 4) is 11.8 Å².